The molecule has 3 nitrogen and oxygen atoms in total. The fraction of sp³-hybridized carbons (Fsp3) is 0.188. The number of rotatable bonds is 5. The van der Waals surface area contributed by atoms with Crippen molar-refractivity contribution in [2.75, 3.05) is 7.11 Å². The molecule has 20 heavy (non-hydrogen) atoms. The Morgan fingerprint density at radius 2 is 1.90 bits per heavy atom. The van der Waals surface area contributed by atoms with E-state index in [0.29, 0.717) is 17.9 Å². The Morgan fingerprint density at radius 3 is 2.50 bits per heavy atom. The van der Waals surface area contributed by atoms with Crippen LogP contribution in [0, 0.1) is 6.92 Å². The predicted molar refractivity (Wildman–Crippen MR) is 81.6 cm³/mol. The summed E-state index contributed by atoms with van der Waals surface area (Å²) in [7, 11) is 1.63. The average molecular weight is 335 g/mol. The number of carbonyl (C=O) groups is 1. The lowest BCUT2D eigenvalue weighted by Gasteiger charge is -2.12. The number of hydrogen-bond acceptors (Lipinski definition) is 3. The Kier molecular flexibility index (Phi) is 4.79. The molecular formula is C16H15BrO3. The van der Waals surface area contributed by atoms with Crippen LogP contribution in [0.2, 0.25) is 0 Å². The Balaban J connectivity index is 2.15. The number of benzene rings is 2. The minimum atomic E-state index is 0.410. The Morgan fingerprint density at radius 1 is 1.20 bits per heavy atom. The number of carbonyl (C=O) groups excluding carboxylic acids is 1. The van der Waals surface area contributed by atoms with E-state index in [1.54, 1.807) is 13.2 Å². The normalized spacial score (nSPS) is 10.2. The van der Waals surface area contributed by atoms with Gasteiger partial charge in [-0.25, -0.2) is 0 Å². The highest BCUT2D eigenvalue weighted by Crippen LogP contribution is 2.27. The topological polar surface area (TPSA) is 35.5 Å². The van der Waals surface area contributed by atoms with Crippen molar-refractivity contribution in [1.82, 2.24) is 0 Å². The molecule has 0 saturated heterocycles. The van der Waals surface area contributed by atoms with E-state index >= 15 is 0 Å². The lowest BCUT2D eigenvalue weighted by Crippen LogP contribution is -2.00. The SMILES string of the molecule is COc1ccc(COc2c(C)cc(Br)cc2C=O)cc1. The van der Waals surface area contributed by atoms with E-state index in [1.165, 1.54) is 0 Å². The largest absolute Gasteiger partial charge is 0.497 e. The molecule has 0 aliphatic rings. The summed E-state index contributed by atoms with van der Waals surface area (Å²) in [5.74, 6) is 1.43. The lowest BCUT2D eigenvalue weighted by molar-refractivity contribution is 0.111. The molecule has 0 bridgehead atoms. The Labute approximate surface area is 126 Å². The molecule has 0 radical (unpaired) electrons. The maximum Gasteiger partial charge on any atom is 0.153 e. The van der Waals surface area contributed by atoms with Gasteiger partial charge in [0.25, 0.3) is 0 Å². The lowest BCUT2D eigenvalue weighted by atomic mass is 10.1. The van der Waals surface area contributed by atoms with Crippen molar-refractivity contribution in [3.63, 3.8) is 0 Å². The molecule has 2 rings (SSSR count). The minimum Gasteiger partial charge on any atom is -0.497 e. The second kappa shape index (κ2) is 6.57. The molecule has 0 N–H and O–H groups in total. The molecule has 0 amide bonds. The zero-order chi connectivity index (χ0) is 14.5. The van der Waals surface area contributed by atoms with Gasteiger partial charge in [0.1, 0.15) is 18.1 Å². The van der Waals surface area contributed by atoms with Crippen molar-refractivity contribution in [2.45, 2.75) is 13.5 Å². The number of aryl methyl sites for hydroxylation is 1. The molecule has 0 aliphatic carbocycles. The van der Waals surface area contributed by atoms with Crippen LogP contribution < -0.4 is 9.47 Å². The number of halogens is 1. The fourth-order valence-corrected chi connectivity index (χ4v) is 2.51. The van der Waals surface area contributed by atoms with Gasteiger partial charge in [0.05, 0.1) is 12.7 Å². The van der Waals surface area contributed by atoms with Crippen LogP contribution in [-0.4, -0.2) is 13.4 Å². The van der Waals surface area contributed by atoms with Gasteiger partial charge >= 0.3 is 0 Å². The van der Waals surface area contributed by atoms with Crippen LogP contribution in [-0.2, 0) is 6.61 Å². The molecule has 0 spiro atoms. The molecule has 0 aromatic heterocycles. The third-order valence-electron chi connectivity index (χ3n) is 2.94. The summed E-state index contributed by atoms with van der Waals surface area (Å²) in [5.41, 5.74) is 2.49. The molecule has 0 atom stereocenters. The highest BCUT2D eigenvalue weighted by Gasteiger charge is 2.08. The van der Waals surface area contributed by atoms with Gasteiger partial charge in [-0.3, -0.25) is 4.79 Å². The molecular weight excluding hydrogens is 320 g/mol. The van der Waals surface area contributed by atoms with Gasteiger partial charge in [0.2, 0.25) is 0 Å². The van der Waals surface area contributed by atoms with E-state index in [9.17, 15) is 4.79 Å². The highest BCUT2D eigenvalue weighted by molar-refractivity contribution is 9.10. The smallest absolute Gasteiger partial charge is 0.153 e. The van der Waals surface area contributed by atoms with E-state index in [0.717, 1.165) is 27.6 Å². The van der Waals surface area contributed by atoms with Crippen LogP contribution >= 0.6 is 15.9 Å². The van der Waals surface area contributed by atoms with Crippen molar-refractivity contribution in [1.29, 1.82) is 0 Å². The Bertz CT molecular complexity index is 606. The molecule has 2 aromatic carbocycles. The predicted octanol–water partition coefficient (Wildman–Crippen LogP) is 4.16. The quantitative estimate of drug-likeness (QED) is 0.770. The Hall–Kier alpha value is -1.81. The zero-order valence-corrected chi connectivity index (χ0v) is 12.9. The van der Waals surface area contributed by atoms with Crippen molar-refractivity contribution in [3.8, 4) is 11.5 Å². The molecule has 0 fully saturated rings. The molecule has 2 aromatic rings. The third-order valence-corrected chi connectivity index (χ3v) is 3.40. The van der Waals surface area contributed by atoms with Gasteiger partial charge in [-0.15, -0.1) is 0 Å². The standard InChI is InChI=1S/C16H15BrO3/c1-11-7-14(17)8-13(9-18)16(11)20-10-12-3-5-15(19-2)6-4-12/h3-9H,10H2,1-2H3. The van der Waals surface area contributed by atoms with Crippen LogP contribution in [0.4, 0.5) is 0 Å². The first-order chi connectivity index (χ1) is 9.63. The summed E-state index contributed by atoms with van der Waals surface area (Å²) in [6.45, 7) is 2.33. The third kappa shape index (κ3) is 3.39. The van der Waals surface area contributed by atoms with E-state index < -0.39 is 0 Å². The zero-order valence-electron chi connectivity index (χ0n) is 11.4. The monoisotopic (exact) mass is 334 g/mol. The summed E-state index contributed by atoms with van der Waals surface area (Å²) in [6, 6.07) is 11.3. The number of ether oxygens (including phenoxy) is 2. The first-order valence-electron chi connectivity index (χ1n) is 6.15. The maximum absolute atomic E-state index is 11.1. The summed E-state index contributed by atoms with van der Waals surface area (Å²) >= 11 is 3.37. The van der Waals surface area contributed by atoms with E-state index in [2.05, 4.69) is 15.9 Å². The summed E-state index contributed by atoms with van der Waals surface area (Å²) in [6.07, 6.45) is 0.807. The highest BCUT2D eigenvalue weighted by atomic mass is 79.9. The van der Waals surface area contributed by atoms with Gasteiger partial charge in [-0.05, 0) is 42.3 Å². The second-order valence-electron chi connectivity index (χ2n) is 4.40. The van der Waals surface area contributed by atoms with Gasteiger partial charge in [-0.2, -0.15) is 0 Å². The van der Waals surface area contributed by atoms with Gasteiger partial charge < -0.3 is 9.47 Å². The van der Waals surface area contributed by atoms with Crippen molar-refractivity contribution in [3.05, 3.63) is 57.6 Å². The van der Waals surface area contributed by atoms with Crippen LogP contribution in [0.25, 0.3) is 0 Å². The molecule has 0 aliphatic heterocycles. The molecule has 4 heteroatoms. The van der Waals surface area contributed by atoms with Crippen LogP contribution in [0.5, 0.6) is 11.5 Å². The van der Waals surface area contributed by atoms with Crippen molar-refractivity contribution < 1.29 is 14.3 Å². The van der Waals surface area contributed by atoms with Crippen LogP contribution in [0.1, 0.15) is 21.5 Å². The summed E-state index contributed by atoms with van der Waals surface area (Å²) < 4.78 is 11.8. The van der Waals surface area contributed by atoms with E-state index in [-0.39, 0.29) is 0 Å². The van der Waals surface area contributed by atoms with Gasteiger partial charge in [0.15, 0.2) is 6.29 Å². The second-order valence-corrected chi connectivity index (χ2v) is 5.31. The minimum absolute atomic E-state index is 0.410. The maximum atomic E-state index is 11.1. The molecule has 0 heterocycles. The average Bonchev–Trinajstić information content (AvgIpc) is 2.46. The summed E-state index contributed by atoms with van der Waals surface area (Å²) in [4.78, 5) is 11.1. The summed E-state index contributed by atoms with van der Waals surface area (Å²) in [5, 5.41) is 0. The molecule has 104 valence electrons. The van der Waals surface area contributed by atoms with Gasteiger partial charge in [-0.1, -0.05) is 28.1 Å². The van der Waals surface area contributed by atoms with E-state index in [1.807, 2.05) is 37.3 Å². The van der Waals surface area contributed by atoms with Crippen molar-refractivity contribution in [2.24, 2.45) is 0 Å². The van der Waals surface area contributed by atoms with Crippen LogP contribution in [0.15, 0.2) is 40.9 Å². The van der Waals surface area contributed by atoms with E-state index in [4.69, 9.17) is 9.47 Å². The number of aldehydes is 1. The number of methoxy groups -OCH3 is 1. The van der Waals surface area contributed by atoms with Gasteiger partial charge in [0, 0.05) is 4.47 Å². The fourth-order valence-electron chi connectivity index (χ4n) is 1.92. The first kappa shape index (κ1) is 14.6. The number of hydrogen-bond donors (Lipinski definition) is 0. The molecule has 0 unspecified atom stereocenters. The molecule has 0 saturated carbocycles. The van der Waals surface area contributed by atoms with Crippen molar-refractivity contribution >= 4 is 22.2 Å². The first-order valence-corrected chi connectivity index (χ1v) is 6.94. The van der Waals surface area contributed by atoms with Crippen LogP contribution in [0.3, 0.4) is 0 Å².